The van der Waals surface area contributed by atoms with Gasteiger partial charge in [-0.25, -0.2) is 0 Å². The molecule has 1 aromatic carbocycles. The predicted molar refractivity (Wildman–Crippen MR) is 87.3 cm³/mol. The van der Waals surface area contributed by atoms with Crippen LogP contribution >= 0.6 is 11.8 Å². The Kier molecular flexibility index (Phi) is 3.85. The molecular weight excluding hydrogens is 310 g/mol. The van der Waals surface area contributed by atoms with E-state index >= 15 is 0 Å². The van der Waals surface area contributed by atoms with E-state index in [9.17, 15) is 4.79 Å². The molecule has 4 rings (SSSR count). The maximum Gasteiger partial charge on any atom is 0.231 e. The second-order valence-electron chi connectivity index (χ2n) is 5.99. The lowest BCUT2D eigenvalue weighted by atomic mass is 9.99. The highest BCUT2D eigenvalue weighted by molar-refractivity contribution is 7.99. The van der Waals surface area contributed by atoms with Crippen molar-refractivity contribution in [3.63, 3.8) is 0 Å². The van der Waals surface area contributed by atoms with Crippen molar-refractivity contribution < 1.29 is 9.32 Å². The van der Waals surface area contributed by atoms with Crippen molar-refractivity contribution in [2.45, 2.75) is 43.0 Å². The molecule has 0 bridgehead atoms. The first-order valence-electron chi connectivity index (χ1n) is 8.12. The lowest BCUT2D eigenvalue weighted by Crippen LogP contribution is -2.35. The highest BCUT2D eigenvalue weighted by atomic mass is 32.2. The SMILES string of the molecule is CCc1nc([C@H]2CCCN2C(=O)[C@H]2CSc3ccccc32)no1. The average molecular weight is 329 g/mol. The maximum absolute atomic E-state index is 13.1. The number of benzene rings is 1. The summed E-state index contributed by atoms with van der Waals surface area (Å²) in [6.07, 6.45) is 2.63. The van der Waals surface area contributed by atoms with E-state index in [1.54, 1.807) is 11.8 Å². The van der Waals surface area contributed by atoms with Crippen molar-refractivity contribution in [3.05, 3.63) is 41.5 Å². The van der Waals surface area contributed by atoms with Gasteiger partial charge in [0.2, 0.25) is 11.8 Å². The van der Waals surface area contributed by atoms with Gasteiger partial charge in [0.25, 0.3) is 0 Å². The molecule has 0 aliphatic carbocycles. The Bertz CT molecular complexity index is 730. The van der Waals surface area contributed by atoms with E-state index in [0.29, 0.717) is 11.7 Å². The van der Waals surface area contributed by atoms with Crippen LogP contribution in [0.15, 0.2) is 33.7 Å². The van der Waals surface area contributed by atoms with Crippen molar-refractivity contribution in [3.8, 4) is 0 Å². The van der Waals surface area contributed by atoms with Crippen LogP contribution in [-0.2, 0) is 11.2 Å². The number of carbonyl (C=O) groups is 1. The molecule has 0 unspecified atom stereocenters. The number of likely N-dealkylation sites (tertiary alicyclic amines) is 1. The zero-order chi connectivity index (χ0) is 15.8. The first-order valence-corrected chi connectivity index (χ1v) is 9.11. The molecule has 2 aliphatic rings. The van der Waals surface area contributed by atoms with Gasteiger partial charge < -0.3 is 9.42 Å². The summed E-state index contributed by atoms with van der Waals surface area (Å²) in [5, 5.41) is 4.09. The average Bonchev–Trinajstić information content (AvgIpc) is 3.31. The smallest absolute Gasteiger partial charge is 0.231 e. The van der Waals surface area contributed by atoms with Crippen LogP contribution in [0.3, 0.4) is 0 Å². The summed E-state index contributed by atoms with van der Waals surface area (Å²) in [6, 6.07) is 8.18. The fourth-order valence-corrected chi connectivity index (χ4v) is 4.63. The van der Waals surface area contributed by atoms with E-state index in [1.165, 1.54) is 4.90 Å². The Morgan fingerprint density at radius 2 is 2.30 bits per heavy atom. The van der Waals surface area contributed by atoms with Gasteiger partial charge >= 0.3 is 0 Å². The molecule has 1 aromatic heterocycles. The summed E-state index contributed by atoms with van der Waals surface area (Å²) in [5.41, 5.74) is 1.16. The summed E-state index contributed by atoms with van der Waals surface area (Å²) in [4.78, 5) is 20.7. The van der Waals surface area contributed by atoms with E-state index in [-0.39, 0.29) is 17.9 Å². The van der Waals surface area contributed by atoms with Gasteiger partial charge in [0.1, 0.15) is 0 Å². The van der Waals surface area contributed by atoms with Crippen LogP contribution in [0.4, 0.5) is 0 Å². The topological polar surface area (TPSA) is 59.2 Å². The largest absolute Gasteiger partial charge is 0.339 e. The Balaban J connectivity index is 1.58. The monoisotopic (exact) mass is 329 g/mol. The molecule has 2 atom stereocenters. The van der Waals surface area contributed by atoms with Crippen LogP contribution < -0.4 is 0 Å². The molecular formula is C17H19N3O2S. The molecule has 23 heavy (non-hydrogen) atoms. The van der Waals surface area contributed by atoms with Crippen molar-refractivity contribution in [2.75, 3.05) is 12.3 Å². The zero-order valence-electron chi connectivity index (χ0n) is 13.1. The Morgan fingerprint density at radius 3 is 3.13 bits per heavy atom. The van der Waals surface area contributed by atoms with Gasteiger partial charge in [-0.2, -0.15) is 4.98 Å². The van der Waals surface area contributed by atoms with Gasteiger partial charge in [0, 0.05) is 23.6 Å². The number of amides is 1. The van der Waals surface area contributed by atoms with Gasteiger partial charge in [-0.1, -0.05) is 30.3 Å². The summed E-state index contributed by atoms with van der Waals surface area (Å²) >= 11 is 1.77. The van der Waals surface area contributed by atoms with Crippen LogP contribution in [0.25, 0.3) is 0 Å². The third-order valence-corrected chi connectivity index (χ3v) is 5.80. The first-order chi connectivity index (χ1) is 11.3. The van der Waals surface area contributed by atoms with Crippen LogP contribution in [0.5, 0.6) is 0 Å². The summed E-state index contributed by atoms with van der Waals surface area (Å²) in [7, 11) is 0. The van der Waals surface area contributed by atoms with E-state index in [0.717, 1.165) is 37.1 Å². The van der Waals surface area contributed by atoms with Crippen molar-refractivity contribution in [1.29, 1.82) is 0 Å². The van der Waals surface area contributed by atoms with Crippen LogP contribution in [0.1, 0.15) is 49.0 Å². The number of fused-ring (bicyclic) bond motifs is 1. The summed E-state index contributed by atoms with van der Waals surface area (Å²) in [5.74, 6) is 2.28. The second kappa shape index (κ2) is 6.00. The fourth-order valence-electron chi connectivity index (χ4n) is 3.41. The summed E-state index contributed by atoms with van der Waals surface area (Å²) in [6.45, 7) is 2.77. The fraction of sp³-hybridized carbons (Fsp3) is 0.471. The number of aryl methyl sites for hydroxylation is 1. The Morgan fingerprint density at radius 1 is 1.43 bits per heavy atom. The van der Waals surface area contributed by atoms with Gasteiger partial charge in [0.05, 0.1) is 12.0 Å². The third-order valence-electron chi connectivity index (χ3n) is 4.62. The molecule has 0 N–H and O–H groups in total. The molecule has 3 heterocycles. The van der Waals surface area contributed by atoms with Gasteiger partial charge in [0.15, 0.2) is 5.82 Å². The molecule has 0 spiro atoms. The molecule has 0 radical (unpaired) electrons. The van der Waals surface area contributed by atoms with E-state index in [2.05, 4.69) is 22.3 Å². The molecule has 2 aliphatic heterocycles. The predicted octanol–water partition coefficient (Wildman–Crippen LogP) is 3.19. The standard InChI is InChI=1S/C17H19N3O2S/c1-2-15-18-16(19-22-15)13-7-5-9-20(13)17(21)12-10-23-14-8-4-3-6-11(12)14/h3-4,6,8,12-13H,2,5,7,9-10H2,1H3/t12-,13+/m0/s1. The number of hydrogen-bond acceptors (Lipinski definition) is 5. The highest BCUT2D eigenvalue weighted by Gasteiger charge is 2.39. The maximum atomic E-state index is 13.1. The van der Waals surface area contributed by atoms with Crippen molar-refractivity contribution in [2.24, 2.45) is 0 Å². The molecule has 0 saturated carbocycles. The number of rotatable bonds is 3. The van der Waals surface area contributed by atoms with E-state index in [1.807, 2.05) is 24.0 Å². The quantitative estimate of drug-likeness (QED) is 0.865. The number of thioether (sulfide) groups is 1. The van der Waals surface area contributed by atoms with Crippen LogP contribution in [0.2, 0.25) is 0 Å². The Labute approximate surface area is 139 Å². The van der Waals surface area contributed by atoms with Gasteiger partial charge in [-0.05, 0) is 24.5 Å². The van der Waals surface area contributed by atoms with Gasteiger partial charge in [-0.3, -0.25) is 4.79 Å². The minimum Gasteiger partial charge on any atom is -0.339 e. The third kappa shape index (κ3) is 2.55. The number of hydrogen-bond donors (Lipinski definition) is 0. The highest BCUT2D eigenvalue weighted by Crippen LogP contribution is 2.42. The second-order valence-corrected chi connectivity index (χ2v) is 7.05. The number of nitrogens with zero attached hydrogens (tertiary/aromatic N) is 3. The van der Waals surface area contributed by atoms with Crippen LogP contribution in [0, 0.1) is 0 Å². The molecule has 6 heteroatoms. The summed E-state index contributed by atoms with van der Waals surface area (Å²) < 4.78 is 5.23. The number of aromatic nitrogens is 2. The number of carbonyl (C=O) groups excluding carboxylic acids is 1. The molecule has 2 aromatic rings. The van der Waals surface area contributed by atoms with Crippen molar-refractivity contribution >= 4 is 17.7 Å². The van der Waals surface area contributed by atoms with E-state index < -0.39 is 0 Å². The minimum atomic E-state index is -0.0469. The molecule has 1 amide bonds. The lowest BCUT2D eigenvalue weighted by molar-refractivity contribution is -0.133. The Hall–Kier alpha value is -1.82. The first kappa shape index (κ1) is 14.8. The molecule has 120 valence electrons. The van der Waals surface area contributed by atoms with Crippen molar-refractivity contribution in [1.82, 2.24) is 15.0 Å². The molecule has 1 fully saturated rings. The van der Waals surface area contributed by atoms with Crippen LogP contribution in [-0.4, -0.2) is 33.2 Å². The molecule has 1 saturated heterocycles. The minimum absolute atomic E-state index is 0.0377. The van der Waals surface area contributed by atoms with Gasteiger partial charge in [-0.15, -0.1) is 11.8 Å². The zero-order valence-corrected chi connectivity index (χ0v) is 13.9. The lowest BCUT2D eigenvalue weighted by Gasteiger charge is -2.25. The molecule has 5 nitrogen and oxygen atoms in total. The van der Waals surface area contributed by atoms with E-state index in [4.69, 9.17) is 4.52 Å². The normalized spacial score (nSPS) is 23.3.